The Morgan fingerprint density at radius 1 is 1.07 bits per heavy atom. The van der Waals surface area contributed by atoms with Gasteiger partial charge in [0.25, 0.3) is 5.69 Å². The summed E-state index contributed by atoms with van der Waals surface area (Å²) in [5.41, 5.74) is 5.05. The minimum Gasteiger partial charge on any atom is -0.493 e. The Morgan fingerprint density at radius 3 is 2.61 bits per heavy atom. The lowest BCUT2D eigenvalue weighted by Crippen LogP contribution is -2.01. The van der Waals surface area contributed by atoms with Crippen molar-refractivity contribution in [3.8, 4) is 11.5 Å². The number of ether oxygens (including phenoxy) is 2. The highest BCUT2D eigenvalue weighted by Crippen LogP contribution is 2.31. The molecule has 0 unspecified atom stereocenters. The van der Waals surface area contributed by atoms with Crippen LogP contribution in [0.4, 0.5) is 11.4 Å². The Bertz CT molecular complexity index is 974. The van der Waals surface area contributed by atoms with Crippen molar-refractivity contribution in [3.63, 3.8) is 0 Å². The Morgan fingerprint density at radius 2 is 1.86 bits per heavy atom. The van der Waals surface area contributed by atoms with Gasteiger partial charge in [0.1, 0.15) is 6.61 Å². The van der Waals surface area contributed by atoms with Crippen molar-refractivity contribution in [2.45, 2.75) is 6.61 Å². The molecule has 0 saturated heterocycles. The molecule has 0 aliphatic heterocycles. The second-order valence-corrected chi connectivity index (χ2v) is 5.83. The van der Waals surface area contributed by atoms with Gasteiger partial charge in [-0.05, 0) is 23.8 Å². The molecule has 0 heterocycles. The largest absolute Gasteiger partial charge is 0.493 e. The lowest BCUT2D eigenvalue weighted by atomic mass is 10.2. The number of para-hydroxylation sites is 1. The molecule has 0 aliphatic rings. The lowest BCUT2D eigenvalue weighted by molar-refractivity contribution is -0.384. The first-order chi connectivity index (χ1) is 13.7. The van der Waals surface area contributed by atoms with E-state index in [0.29, 0.717) is 29.4 Å². The molecule has 142 valence electrons. The predicted molar refractivity (Wildman–Crippen MR) is 108 cm³/mol. The van der Waals surface area contributed by atoms with Crippen LogP contribution in [-0.4, -0.2) is 18.2 Å². The molecule has 3 aromatic carbocycles. The van der Waals surface area contributed by atoms with E-state index in [-0.39, 0.29) is 5.69 Å². The summed E-state index contributed by atoms with van der Waals surface area (Å²) in [6.07, 6.45) is 1.58. The maximum absolute atomic E-state index is 10.9. The van der Waals surface area contributed by atoms with E-state index in [0.717, 1.165) is 5.56 Å². The van der Waals surface area contributed by atoms with Gasteiger partial charge in [0, 0.05) is 17.7 Å². The van der Waals surface area contributed by atoms with E-state index < -0.39 is 4.92 Å². The molecule has 0 atom stereocenters. The summed E-state index contributed by atoms with van der Waals surface area (Å²) < 4.78 is 11.4. The second-order valence-electron chi connectivity index (χ2n) is 5.83. The smallest absolute Gasteiger partial charge is 0.271 e. The predicted octanol–water partition coefficient (Wildman–Crippen LogP) is 4.63. The van der Waals surface area contributed by atoms with Gasteiger partial charge in [0.2, 0.25) is 0 Å². The molecule has 0 saturated carbocycles. The first kappa shape index (κ1) is 18.9. The number of nitro benzene ring substituents is 1. The van der Waals surface area contributed by atoms with Crippen LogP contribution in [-0.2, 0) is 6.61 Å². The number of rotatable bonds is 8. The molecule has 0 spiro atoms. The average Bonchev–Trinajstić information content (AvgIpc) is 2.73. The van der Waals surface area contributed by atoms with Crippen LogP contribution in [0.2, 0.25) is 0 Å². The van der Waals surface area contributed by atoms with Gasteiger partial charge in [0.05, 0.1) is 23.9 Å². The number of anilines is 1. The van der Waals surface area contributed by atoms with Crippen LogP contribution in [0.3, 0.4) is 0 Å². The monoisotopic (exact) mass is 377 g/mol. The minimum atomic E-state index is -0.452. The number of benzene rings is 3. The van der Waals surface area contributed by atoms with Gasteiger partial charge >= 0.3 is 0 Å². The van der Waals surface area contributed by atoms with E-state index in [9.17, 15) is 10.1 Å². The fourth-order valence-corrected chi connectivity index (χ4v) is 2.54. The van der Waals surface area contributed by atoms with E-state index in [1.165, 1.54) is 12.1 Å². The molecule has 7 nitrogen and oxygen atoms in total. The van der Waals surface area contributed by atoms with Crippen molar-refractivity contribution < 1.29 is 14.4 Å². The third-order valence-corrected chi connectivity index (χ3v) is 3.91. The van der Waals surface area contributed by atoms with Crippen molar-refractivity contribution in [2.75, 3.05) is 12.5 Å². The molecule has 3 rings (SSSR count). The van der Waals surface area contributed by atoms with Gasteiger partial charge in [0.15, 0.2) is 11.5 Å². The van der Waals surface area contributed by atoms with E-state index in [2.05, 4.69) is 10.5 Å². The summed E-state index contributed by atoms with van der Waals surface area (Å²) in [7, 11) is 1.58. The molecule has 28 heavy (non-hydrogen) atoms. The summed E-state index contributed by atoms with van der Waals surface area (Å²) in [6.45, 7) is 0.389. The Kier molecular flexibility index (Phi) is 6.20. The maximum Gasteiger partial charge on any atom is 0.271 e. The van der Waals surface area contributed by atoms with Gasteiger partial charge in [-0.1, -0.05) is 42.5 Å². The summed E-state index contributed by atoms with van der Waals surface area (Å²) in [5, 5.41) is 15.0. The zero-order valence-electron chi connectivity index (χ0n) is 15.2. The Balaban J connectivity index is 1.76. The molecule has 0 radical (unpaired) electrons. The van der Waals surface area contributed by atoms with Crippen LogP contribution in [0.5, 0.6) is 11.5 Å². The SMILES string of the molecule is COc1cccc(C=NNc2cccc([N+](=O)[O-])c2)c1OCc1ccccc1. The minimum absolute atomic E-state index is 0.00605. The molecule has 0 aromatic heterocycles. The molecule has 3 aromatic rings. The van der Waals surface area contributed by atoms with Crippen molar-refractivity contribution in [1.82, 2.24) is 0 Å². The number of nitrogens with zero attached hydrogens (tertiary/aromatic N) is 2. The van der Waals surface area contributed by atoms with Crippen LogP contribution in [0.1, 0.15) is 11.1 Å². The van der Waals surface area contributed by atoms with Gasteiger partial charge < -0.3 is 9.47 Å². The normalized spacial score (nSPS) is 10.6. The molecule has 0 bridgehead atoms. The molecule has 0 amide bonds. The number of nitrogens with one attached hydrogen (secondary N) is 1. The van der Waals surface area contributed by atoms with E-state index >= 15 is 0 Å². The van der Waals surface area contributed by atoms with Gasteiger partial charge in [-0.25, -0.2) is 0 Å². The standard InChI is InChI=1S/C21H19N3O4/c1-27-20-12-5-9-17(21(20)28-15-16-7-3-2-4-8-16)14-22-23-18-10-6-11-19(13-18)24(25)26/h2-14,23H,15H2,1H3. The van der Waals surface area contributed by atoms with Crippen molar-refractivity contribution >= 4 is 17.6 Å². The maximum atomic E-state index is 10.9. The van der Waals surface area contributed by atoms with Gasteiger partial charge in [-0.2, -0.15) is 5.10 Å². The third-order valence-electron chi connectivity index (χ3n) is 3.91. The van der Waals surface area contributed by atoms with Crippen molar-refractivity contribution in [1.29, 1.82) is 0 Å². The van der Waals surface area contributed by atoms with Crippen LogP contribution in [0.15, 0.2) is 77.9 Å². The number of hydrogen-bond donors (Lipinski definition) is 1. The van der Waals surface area contributed by atoms with Crippen LogP contribution in [0.25, 0.3) is 0 Å². The molecular formula is C21H19N3O4. The molecular weight excluding hydrogens is 358 g/mol. The van der Waals surface area contributed by atoms with Crippen LogP contribution < -0.4 is 14.9 Å². The van der Waals surface area contributed by atoms with Crippen molar-refractivity contribution in [2.24, 2.45) is 5.10 Å². The second kappa shape index (κ2) is 9.18. The zero-order chi connectivity index (χ0) is 19.8. The highest BCUT2D eigenvalue weighted by Gasteiger charge is 2.10. The quantitative estimate of drug-likeness (QED) is 0.351. The van der Waals surface area contributed by atoms with E-state index in [1.54, 1.807) is 25.5 Å². The number of non-ortho nitro benzene ring substituents is 1. The number of nitro groups is 1. The summed E-state index contributed by atoms with van der Waals surface area (Å²) >= 11 is 0. The van der Waals surface area contributed by atoms with Crippen molar-refractivity contribution in [3.05, 3.63) is 94.0 Å². The molecule has 7 heteroatoms. The third kappa shape index (κ3) is 4.85. The molecule has 0 aliphatic carbocycles. The number of hydrogen-bond acceptors (Lipinski definition) is 6. The van der Waals surface area contributed by atoms with Crippen LogP contribution in [0, 0.1) is 10.1 Å². The zero-order valence-corrected chi connectivity index (χ0v) is 15.2. The molecule has 0 fully saturated rings. The first-order valence-corrected chi connectivity index (χ1v) is 8.54. The fourth-order valence-electron chi connectivity index (χ4n) is 2.54. The summed E-state index contributed by atoms with van der Waals surface area (Å²) in [4.78, 5) is 10.4. The van der Waals surface area contributed by atoms with E-state index in [4.69, 9.17) is 9.47 Å². The number of methoxy groups -OCH3 is 1. The number of hydrazone groups is 1. The van der Waals surface area contributed by atoms with Crippen LogP contribution >= 0.6 is 0 Å². The summed E-state index contributed by atoms with van der Waals surface area (Å²) in [5.74, 6) is 1.16. The first-order valence-electron chi connectivity index (χ1n) is 8.54. The Hall–Kier alpha value is -3.87. The topological polar surface area (TPSA) is 86.0 Å². The van der Waals surface area contributed by atoms with Gasteiger partial charge in [-0.15, -0.1) is 0 Å². The fraction of sp³-hybridized carbons (Fsp3) is 0.0952. The molecule has 1 N–H and O–H groups in total. The highest BCUT2D eigenvalue weighted by atomic mass is 16.6. The lowest BCUT2D eigenvalue weighted by Gasteiger charge is -2.13. The summed E-state index contributed by atoms with van der Waals surface area (Å²) in [6, 6.07) is 21.4. The highest BCUT2D eigenvalue weighted by molar-refractivity contribution is 5.85. The average molecular weight is 377 g/mol. The Labute approximate surface area is 162 Å². The van der Waals surface area contributed by atoms with E-state index in [1.807, 2.05) is 48.5 Å². The van der Waals surface area contributed by atoms with Gasteiger partial charge in [-0.3, -0.25) is 15.5 Å².